The van der Waals surface area contributed by atoms with Crippen LogP contribution in [-0.2, 0) is 32.7 Å². The van der Waals surface area contributed by atoms with Crippen molar-refractivity contribution in [2.75, 3.05) is 47.5 Å². The summed E-state index contributed by atoms with van der Waals surface area (Å²) in [7, 11) is 1.45. The number of carbonyl (C=O) groups is 2. The molecular weight excluding hydrogens is 701 g/mol. The van der Waals surface area contributed by atoms with Gasteiger partial charge < -0.3 is 18.9 Å². The van der Waals surface area contributed by atoms with E-state index in [1.54, 1.807) is 0 Å². The van der Waals surface area contributed by atoms with E-state index in [-0.39, 0.29) is 26.1 Å². The molecule has 2 atom stereocenters. The summed E-state index contributed by atoms with van der Waals surface area (Å²) < 4.78 is 34.2. The lowest BCUT2D eigenvalue weighted by atomic mass is 10.0. The summed E-state index contributed by atoms with van der Waals surface area (Å²) in [6.07, 6.45) is 41.6. The van der Waals surface area contributed by atoms with Crippen molar-refractivity contribution in [3.63, 3.8) is 0 Å². The molecule has 0 saturated carbocycles. The average molecular weight is 783 g/mol. The van der Waals surface area contributed by atoms with Crippen LogP contribution in [0.4, 0.5) is 0 Å². The molecule has 0 aromatic rings. The smallest absolute Gasteiger partial charge is 0.462 e. The summed E-state index contributed by atoms with van der Waals surface area (Å²) >= 11 is 0. The van der Waals surface area contributed by atoms with Crippen LogP contribution in [0.2, 0.25) is 0 Å². The molecule has 0 rings (SSSR count). The number of phosphoric acid groups is 1. The third kappa shape index (κ3) is 39.7. The van der Waals surface area contributed by atoms with Gasteiger partial charge in [0, 0.05) is 12.8 Å². The number of phosphoric ester groups is 1. The predicted octanol–water partition coefficient (Wildman–Crippen LogP) is 11.9. The molecule has 9 nitrogen and oxygen atoms in total. The Morgan fingerprint density at radius 3 is 1.54 bits per heavy atom. The second-order valence-electron chi connectivity index (χ2n) is 15.4. The van der Waals surface area contributed by atoms with Crippen LogP contribution >= 0.6 is 7.82 Å². The lowest BCUT2D eigenvalue weighted by molar-refractivity contribution is -0.870. The first kappa shape index (κ1) is 52.0. The fourth-order valence-corrected chi connectivity index (χ4v) is 6.22. The van der Waals surface area contributed by atoms with Gasteiger partial charge in [-0.05, 0) is 51.4 Å². The quantitative estimate of drug-likeness (QED) is 0.0217. The third-order valence-electron chi connectivity index (χ3n) is 8.86. The maximum absolute atomic E-state index is 12.7. The van der Waals surface area contributed by atoms with Gasteiger partial charge in [0.1, 0.15) is 19.8 Å². The highest BCUT2D eigenvalue weighted by Gasteiger charge is 2.27. The zero-order valence-electron chi connectivity index (χ0n) is 35.2. The fourth-order valence-electron chi connectivity index (χ4n) is 5.48. The fraction of sp³-hybridized carbons (Fsp3) is 0.773. The SMILES string of the molecule is CCCCC/C=C/C/C=C/C/C=C\C/C=C\CCCC(=O)OC[C@H](COP(=O)(O)OCC[N+](C)(C)C)OC(=O)CCCCCCCCCCCCCCC. The van der Waals surface area contributed by atoms with E-state index in [4.69, 9.17) is 18.5 Å². The van der Waals surface area contributed by atoms with E-state index in [1.165, 1.54) is 89.9 Å². The monoisotopic (exact) mass is 783 g/mol. The van der Waals surface area contributed by atoms with Gasteiger partial charge >= 0.3 is 19.8 Å². The van der Waals surface area contributed by atoms with Crippen LogP contribution in [0.15, 0.2) is 48.6 Å². The number of ether oxygens (including phenoxy) is 2. The highest BCUT2D eigenvalue weighted by Crippen LogP contribution is 2.43. The minimum Gasteiger partial charge on any atom is -0.462 e. The van der Waals surface area contributed by atoms with Crippen molar-refractivity contribution in [3.05, 3.63) is 48.6 Å². The molecule has 54 heavy (non-hydrogen) atoms. The van der Waals surface area contributed by atoms with Gasteiger partial charge in [-0.25, -0.2) is 4.57 Å². The van der Waals surface area contributed by atoms with Gasteiger partial charge in [0.2, 0.25) is 0 Å². The Kier molecular flexibility index (Phi) is 35.2. The van der Waals surface area contributed by atoms with Crippen LogP contribution in [0.25, 0.3) is 0 Å². The van der Waals surface area contributed by atoms with Crippen molar-refractivity contribution in [1.82, 2.24) is 0 Å². The van der Waals surface area contributed by atoms with Crippen LogP contribution in [0, 0.1) is 0 Å². The van der Waals surface area contributed by atoms with E-state index < -0.39 is 32.5 Å². The molecule has 10 heteroatoms. The molecule has 1 unspecified atom stereocenters. The van der Waals surface area contributed by atoms with Gasteiger partial charge in [-0.1, -0.05) is 152 Å². The number of likely N-dealkylation sites (N-methyl/N-ethyl adjacent to an activating group) is 1. The molecule has 0 aromatic heterocycles. The number of unbranched alkanes of at least 4 members (excludes halogenated alkanes) is 16. The van der Waals surface area contributed by atoms with E-state index in [0.717, 1.165) is 38.5 Å². The van der Waals surface area contributed by atoms with Crippen LogP contribution in [-0.4, -0.2) is 74.9 Å². The third-order valence-corrected chi connectivity index (χ3v) is 9.85. The summed E-state index contributed by atoms with van der Waals surface area (Å²) in [5, 5.41) is 0. The first-order chi connectivity index (χ1) is 26.0. The highest BCUT2D eigenvalue weighted by atomic mass is 31.2. The molecule has 314 valence electrons. The van der Waals surface area contributed by atoms with Crippen molar-refractivity contribution in [2.45, 2.75) is 174 Å². The second-order valence-corrected chi connectivity index (χ2v) is 16.8. The standard InChI is InChI=1S/C44H80NO8P/c1-6-8-10-12-14-16-18-20-21-22-23-25-26-28-30-32-34-36-43(46)50-40-42(41-52-54(48,49)51-39-38-45(3,4)5)53-44(47)37-35-33-31-29-27-24-19-17-15-13-11-9-7-2/h14,16,20-21,23,25,28,30,42H,6-13,15,17-19,22,24,26-27,29,31-41H2,1-5H3/p+1/b16-14+,21-20+,25-23-,30-28-/t42-/m1/s1. The second kappa shape index (κ2) is 36.6. The molecular formula is C44H81NO8P+. The Hall–Kier alpha value is -2.03. The summed E-state index contributed by atoms with van der Waals surface area (Å²) in [5.41, 5.74) is 0. The molecule has 0 heterocycles. The van der Waals surface area contributed by atoms with Gasteiger partial charge in [0.05, 0.1) is 27.7 Å². The summed E-state index contributed by atoms with van der Waals surface area (Å²) in [5.74, 6) is -0.864. The zero-order chi connectivity index (χ0) is 40.0. The first-order valence-electron chi connectivity index (χ1n) is 21.4. The molecule has 0 fully saturated rings. The van der Waals surface area contributed by atoms with Crippen LogP contribution in [0.3, 0.4) is 0 Å². The molecule has 0 spiro atoms. The number of rotatable bonds is 38. The van der Waals surface area contributed by atoms with Gasteiger partial charge in [0.25, 0.3) is 0 Å². The van der Waals surface area contributed by atoms with Crippen molar-refractivity contribution in [3.8, 4) is 0 Å². The molecule has 0 bridgehead atoms. The van der Waals surface area contributed by atoms with Gasteiger partial charge in [0.15, 0.2) is 6.10 Å². The number of allylic oxidation sites excluding steroid dienone is 8. The number of quaternary nitrogens is 1. The molecule has 0 radical (unpaired) electrons. The molecule has 0 amide bonds. The number of esters is 2. The van der Waals surface area contributed by atoms with Crippen molar-refractivity contribution in [2.24, 2.45) is 0 Å². The molecule has 1 N–H and O–H groups in total. The van der Waals surface area contributed by atoms with E-state index in [9.17, 15) is 19.0 Å². The number of carbonyl (C=O) groups excluding carboxylic acids is 2. The maximum atomic E-state index is 12.7. The zero-order valence-corrected chi connectivity index (χ0v) is 36.1. The molecule has 0 aliphatic carbocycles. The largest absolute Gasteiger partial charge is 0.472 e. The summed E-state index contributed by atoms with van der Waals surface area (Å²) in [4.78, 5) is 35.3. The van der Waals surface area contributed by atoms with Crippen molar-refractivity contribution in [1.29, 1.82) is 0 Å². The Balaban J connectivity index is 4.47. The molecule has 0 aromatic carbocycles. The number of hydrogen-bond acceptors (Lipinski definition) is 7. The van der Waals surface area contributed by atoms with Crippen molar-refractivity contribution < 1.29 is 42.1 Å². The van der Waals surface area contributed by atoms with E-state index in [2.05, 4.69) is 62.5 Å². The highest BCUT2D eigenvalue weighted by molar-refractivity contribution is 7.47. The Bertz CT molecular complexity index is 1070. The minimum absolute atomic E-state index is 0.0230. The lowest BCUT2D eigenvalue weighted by Crippen LogP contribution is -2.37. The van der Waals surface area contributed by atoms with Gasteiger partial charge in [-0.2, -0.15) is 0 Å². The summed E-state index contributed by atoms with van der Waals surface area (Å²) in [6, 6.07) is 0. The average Bonchev–Trinajstić information content (AvgIpc) is 3.12. The summed E-state index contributed by atoms with van der Waals surface area (Å²) in [6.45, 7) is 4.32. The lowest BCUT2D eigenvalue weighted by Gasteiger charge is -2.24. The van der Waals surface area contributed by atoms with Crippen molar-refractivity contribution >= 4 is 19.8 Å². The normalized spacial score (nSPS) is 14.1. The van der Waals surface area contributed by atoms with E-state index >= 15 is 0 Å². The predicted molar refractivity (Wildman–Crippen MR) is 224 cm³/mol. The van der Waals surface area contributed by atoms with Crippen LogP contribution < -0.4 is 0 Å². The topological polar surface area (TPSA) is 108 Å². The van der Waals surface area contributed by atoms with E-state index in [1.807, 2.05) is 21.1 Å². The van der Waals surface area contributed by atoms with Gasteiger partial charge in [-0.3, -0.25) is 18.6 Å². The molecule has 0 saturated heterocycles. The van der Waals surface area contributed by atoms with Crippen LogP contribution in [0.5, 0.6) is 0 Å². The Labute approximate surface area is 331 Å². The number of nitrogens with zero attached hydrogens (tertiary/aromatic N) is 1. The number of hydrogen-bond donors (Lipinski definition) is 1. The maximum Gasteiger partial charge on any atom is 0.472 e. The Morgan fingerprint density at radius 1 is 0.574 bits per heavy atom. The first-order valence-corrected chi connectivity index (χ1v) is 22.9. The molecule has 0 aliphatic heterocycles. The molecule has 0 aliphatic rings. The van der Waals surface area contributed by atoms with Crippen LogP contribution in [0.1, 0.15) is 168 Å². The van der Waals surface area contributed by atoms with Gasteiger partial charge in [-0.15, -0.1) is 0 Å². The minimum atomic E-state index is -4.38. The van der Waals surface area contributed by atoms with E-state index in [0.29, 0.717) is 23.9 Å². The Morgan fingerprint density at radius 2 is 1.02 bits per heavy atom.